The normalized spacial score (nSPS) is 10.3. The molecule has 1 heterocycles. The molecule has 1 aromatic carbocycles. The van der Waals surface area contributed by atoms with Crippen molar-refractivity contribution in [3.8, 4) is 0 Å². The van der Waals surface area contributed by atoms with Crippen molar-refractivity contribution in [3.63, 3.8) is 0 Å². The van der Waals surface area contributed by atoms with Crippen LogP contribution in [-0.4, -0.2) is 10.9 Å². The highest BCUT2D eigenvalue weighted by Gasteiger charge is 2.09. The molecule has 0 saturated heterocycles. The quantitative estimate of drug-likeness (QED) is 0.917. The minimum absolute atomic E-state index is 0.139. The molecule has 2 aromatic rings. The van der Waals surface area contributed by atoms with E-state index in [1.165, 1.54) is 11.3 Å². The van der Waals surface area contributed by atoms with Gasteiger partial charge in [0.2, 0.25) is 0 Å². The van der Waals surface area contributed by atoms with Gasteiger partial charge in [0.25, 0.3) is 5.91 Å². The number of aryl methyl sites for hydroxylation is 2. The molecule has 1 aromatic heterocycles. The van der Waals surface area contributed by atoms with Crippen molar-refractivity contribution in [2.24, 2.45) is 0 Å². The van der Waals surface area contributed by atoms with Crippen LogP contribution in [0.15, 0.2) is 28.7 Å². The van der Waals surface area contributed by atoms with Crippen molar-refractivity contribution >= 4 is 38.3 Å². The Labute approximate surface area is 112 Å². The lowest BCUT2D eigenvalue weighted by Crippen LogP contribution is -2.11. The maximum atomic E-state index is 11.9. The molecule has 0 bridgehead atoms. The van der Waals surface area contributed by atoms with Gasteiger partial charge in [-0.3, -0.25) is 10.1 Å². The van der Waals surface area contributed by atoms with Gasteiger partial charge in [0.05, 0.1) is 5.69 Å². The third-order valence-corrected chi connectivity index (χ3v) is 3.82. The number of aromatic nitrogens is 1. The number of nitrogens with one attached hydrogen (secondary N) is 1. The molecule has 0 aliphatic carbocycles. The predicted molar refractivity (Wildman–Crippen MR) is 73.7 cm³/mol. The van der Waals surface area contributed by atoms with Gasteiger partial charge in [-0.15, -0.1) is 11.3 Å². The number of rotatable bonds is 2. The van der Waals surface area contributed by atoms with Crippen molar-refractivity contribution in [1.82, 2.24) is 4.98 Å². The molecular formula is C12H11BrN2OS. The fraction of sp³-hybridized carbons (Fsp3) is 0.167. The fourth-order valence-corrected chi connectivity index (χ4v) is 2.53. The third-order valence-electron chi connectivity index (χ3n) is 2.34. The van der Waals surface area contributed by atoms with E-state index in [2.05, 4.69) is 26.2 Å². The Bertz CT molecular complexity index is 546. The Morgan fingerprint density at radius 1 is 1.41 bits per heavy atom. The maximum absolute atomic E-state index is 11.9. The first-order valence-electron chi connectivity index (χ1n) is 5.07. The highest BCUT2D eigenvalue weighted by atomic mass is 79.9. The highest BCUT2D eigenvalue weighted by molar-refractivity contribution is 9.10. The molecule has 5 heteroatoms. The van der Waals surface area contributed by atoms with Crippen LogP contribution in [0.25, 0.3) is 0 Å². The first-order valence-corrected chi connectivity index (χ1v) is 6.68. The number of nitrogens with zero attached hydrogens (tertiary/aromatic N) is 1. The SMILES string of the molecule is Cc1nc(NC(=O)c2cccc(Br)c2)sc1C. The van der Waals surface area contributed by atoms with E-state index >= 15 is 0 Å². The van der Waals surface area contributed by atoms with Crippen molar-refractivity contribution in [2.75, 3.05) is 5.32 Å². The number of anilines is 1. The largest absolute Gasteiger partial charge is 0.298 e. The van der Waals surface area contributed by atoms with Gasteiger partial charge in [0, 0.05) is 14.9 Å². The van der Waals surface area contributed by atoms with Crippen LogP contribution in [0, 0.1) is 13.8 Å². The number of thiazole rings is 1. The average Bonchev–Trinajstić information content (AvgIpc) is 2.58. The number of hydrogen-bond acceptors (Lipinski definition) is 3. The van der Waals surface area contributed by atoms with Gasteiger partial charge in [-0.25, -0.2) is 4.98 Å². The first-order chi connectivity index (χ1) is 8.06. The molecule has 3 nitrogen and oxygen atoms in total. The van der Waals surface area contributed by atoms with Gasteiger partial charge in [-0.05, 0) is 32.0 Å². The third kappa shape index (κ3) is 2.92. The Balaban J connectivity index is 2.17. The highest BCUT2D eigenvalue weighted by Crippen LogP contribution is 2.22. The summed E-state index contributed by atoms with van der Waals surface area (Å²) in [4.78, 5) is 17.3. The molecular weight excluding hydrogens is 300 g/mol. The summed E-state index contributed by atoms with van der Waals surface area (Å²) in [5.74, 6) is -0.139. The van der Waals surface area contributed by atoms with E-state index in [9.17, 15) is 4.79 Å². The Kier molecular flexibility index (Phi) is 3.59. The monoisotopic (exact) mass is 310 g/mol. The van der Waals surface area contributed by atoms with Gasteiger partial charge < -0.3 is 0 Å². The molecule has 0 aliphatic rings. The fourth-order valence-electron chi connectivity index (χ4n) is 1.33. The van der Waals surface area contributed by atoms with Crippen LogP contribution >= 0.6 is 27.3 Å². The van der Waals surface area contributed by atoms with Crippen molar-refractivity contribution in [2.45, 2.75) is 13.8 Å². The van der Waals surface area contributed by atoms with E-state index in [-0.39, 0.29) is 5.91 Å². The molecule has 0 saturated carbocycles. The van der Waals surface area contributed by atoms with E-state index in [1.807, 2.05) is 26.0 Å². The van der Waals surface area contributed by atoms with Crippen LogP contribution < -0.4 is 5.32 Å². The van der Waals surface area contributed by atoms with Gasteiger partial charge in [-0.2, -0.15) is 0 Å². The summed E-state index contributed by atoms with van der Waals surface area (Å²) in [5.41, 5.74) is 1.57. The van der Waals surface area contributed by atoms with Crippen LogP contribution in [-0.2, 0) is 0 Å². The number of hydrogen-bond donors (Lipinski definition) is 1. The summed E-state index contributed by atoms with van der Waals surface area (Å²) in [7, 11) is 0. The number of amides is 1. The second-order valence-corrected chi connectivity index (χ2v) is 5.74. The zero-order valence-electron chi connectivity index (χ0n) is 9.45. The van der Waals surface area contributed by atoms with Crippen LogP contribution in [0.1, 0.15) is 20.9 Å². The van der Waals surface area contributed by atoms with Gasteiger partial charge in [-0.1, -0.05) is 22.0 Å². The van der Waals surface area contributed by atoms with E-state index < -0.39 is 0 Å². The molecule has 0 fully saturated rings. The molecule has 1 amide bonds. The summed E-state index contributed by atoms with van der Waals surface area (Å²) in [6.07, 6.45) is 0. The van der Waals surface area contributed by atoms with Crippen molar-refractivity contribution in [3.05, 3.63) is 44.9 Å². The molecule has 0 spiro atoms. The van der Waals surface area contributed by atoms with E-state index in [0.717, 1.165) is 15.0 Å². The Morgan fingerprint density at radius 3 is 2.76 bits per heavy atom. The lowest BCUT2D eigenvalue weighted by atomic mass is 10.2. The molecule has 0 atom stereocenters. The van der Waals surface area contributed by atoms with Gasteiger partial charge in [0.15, 0.2) is 5.13 Å². The Morgan fingerprint density at radius 2 is 2.18 bits per heavy atom. The van der Waals surface area contributed by atoms with Crippen molar-refractivity contribution in [1.29, 1.82) is 0 Å². The summed E-state index contributed by atoms with van der Waals surface area (Å²) < 4.78 is 0.886. The summed E-state index contributed by atoms with van der Waals surface area (Å²) in [6, 6.07) is 7.27. The number of halogens is 1. The zero-order valence-corrected chi connectivity index (χ0v) is 11.9. The van der Waals surface area contributed by atoms with Crippen molar-refractivity contribution < 1.29 is 4.79 Å². The second kappa shape index (κ2) is 4.98. The maximum Gasteiger partial charge on any atom is 0.257 e. The molecule has 2 rings (SSSR count). The number of benzene rings is 1. The number of carbonyl (C=O) groups excluding carboxylic acids is 1. The lowest BCUT2D eigenvalue weighted by Gasteiger charge is -2.01. The van der Waals surface area contributed by atoms with E-state index in [0.29, 0.717) is 10.7 Å². The van der Waals surface area contributed by atoms with Crippen LogP contribution in [0.4, 0.5) is 5.13 Å². The topological polar surface area (TPSA) is 42.0 Å². The predicted octanol–water partition coefficient (Wildman–Crippen LogP) is 3.77. The minimum atomic E-state index is -0.139. The molecule has 0 unspecified atom stereocenters. The first kappa shape index (κ1) is 12.3. The smallest absolute Gasteiger partial charge is 0.257 e. The van der Waals surface area contributed by atoms with Crippen LogP contribution in [0.5, 0.6) is 0 Å². The molecule has 0 radical (unpaired) electrons. The summed E-state index contributed by atoms with van der Waals surface area (Å²) >= 11 is 4.83. The Hall–Kier alpha value is -1.20. The molecule has 0 aliphatic heterocycles. The van der Waals surface area contributed by atoms with Crippen LogP contribution in [0.2, 0.25) is 0 Å². The van der Waals surface area contributed by atoms with E-state index in [1.54, 1.807) is 12.1 Å². The zero-order chi connectivity index (χ0) is 12.4. The molecule has 88 valence electrons. The summed E-state index contributed by atoms with van der Waals surface area (Å²) in [6.45, 7) is 3.92. The molecule has 17 heavy (non-hydrogen) atoms. The molecule has 1 N–H and O–H groups in total. The number of carbonyl (C=O) groups is 1. The summed E-state index contributed by atoms with van der Waals surface area (Å²) in [5, 5.41) is 3.44. The lowest BCUT2D eigenvalue weighted by molar-refractivity contribution is 0.102. The minimum Gasteiger partial charge on any atom is -0.298 e. The average molecular weight is 311 g/mol. The van der Waals surface area contributed by atoms with Gasteiger partial charge >= 0.3 is 0 Å². The second-order valence-electron chi connectivity index (χ2n) is 3.63. The van der Waals surface area contributed by atoms with E-state index in [4.69, 9.17) is 0 Å². The van der Waals surface area contributed by atoms with Crippen LogP contribution in [0.3, 0.4) is 0 Å². The van der Waals surface area contributed by atoms with Gasteiger partial charge in [0.1, 0.15) is 0 Å². The standard InChI is InChI=1S/C12H11BrN2OS/c1-7-8(2)17-12(14-7)15-11(16)9-4-3-5-10(13)6-9/h3-6H,1-2H3,(H,14,15,16).